The molecule has 0 spiro atoms. The van der Waals surface area contributed by atoms with Crippen molar-refractivity contribution in [1.82, 2.24) is 4.90 Å². The first-order chi connectivity index (χ1) is 7.42. The molecule has 1 unspecified atom stereocenters. The standard InChI is InChI=1S/C10H17F3N2O2/c1-6(2)9(17)4-15(5-9)7(16)8(3,14)10(11,12)13/h6,17H,4-5,14H2,1-3H3. The molecule has 4 nitrogen and oxygen atoms in total. The number of alkyl halides is 3. The molecule has 0 aromatic rings. The molecule has 0 aliphatic carbocycles. The molecule has 1 atom stereocenters. The van der Waals surface area contributed by atoms with Gasteiger partial charge < -0.3 is 15.7 Å². The van der Waals surface area contributed by atoms with E-state index in [2.05, 4.69) is 0 Å². The average Bonchev–Trinajstić information content (AvgIpc) is 2.09. The monoisotopic (exact) mass is 254 g/mol. The Morgan fingerprint density at radius 1 is 1.41 bits per heavy atom. The number of β-amino-alcohol motifs (C(OH)–C–C–N with tert-alkyl or cyclic N) is 1. The largest absolute Gasteiger partial charge is 0.415 e. The van der Waals surface area contributed by atoms with E-state index in [4.69, 9.17) is 5.73 Å². The highest BCUT2D eigenvalue weighted by Gasteiger charge is 2.58. The number of hydrogen-bond donors (Lipinski definition) is 2. The lowest BCUT2D eigenvalue weighted by Crippen LogP contribution is -2.72. The van der Waals surface area contributed by atoms with Gasteiger partial charge in [-0.25, -0.2) is 0 Å². The molecule has 7 heteroatoms. The maximum absolute atomic E-state index is 12.5. The van der Waals surface area contributed by atoms with E-state index in [0.717, 1.165) is 4.90 Å². The smallest absolute Gasteiger partial charge is 0.386 e. The molecule has 1 aliphatic rings. The lowest BCUT2D eigenvalue weighted by atomic mass is 9.81. The summed E-state index contributed by atoms with van der Waals surface area (Å²) in [5, 5.41) is 9.86. The minimum absolute atomic E-state index is 0.105. The molecule has 1 aliphatic heterocycles. The van der Waals surface area contributed by atoms with Crippen molar-refractivity contribution < 1.29 is 23.1 Å². The lowest BCUT2D eigenvalue weighted by molar-refractivity contribution is -0.207. The number of hydrogen-bond acceptors (Lipinski definition) is 3. The van der Waals surface area contributed by atoms with Crippen molar-refractivity contribution >= 4 is 5.91 Å². The fourth-order valence-electron chi connectivity index (χ4n) is 1.57. The molecule has 0 aromatic heterocycles. The fourth-order valence-corrected chi connectivity index (χ4v) is 1.57. The summed E-state index contributed by atoms with van der Waals surface area (Å²) in [4.78, 5) is 12.5. The van der Waals surface area contributed by atoms with Gasteiger partial charge in [0.15, 0.2) is 5.54 Å². The van der Waals surface area contributed by atoms with E-state index in [-0.39, 0.29) is 19.0 Å². The highest BCUT2D eigenvalue weighted by molar-refractivity contribution is 5.87. The second-order valence-electron chi connectivity index (χ2n) is 5.12. The Morgan fingerprint density at radius 2 is 1.82 bits per heavy atom. The number of amides is 1. The Hall–Kier alpha value is -0.820. The number of aliphatic hydroxyl groups is 1. The molecule has 1 fully saturated rings. The van der Waals surface area contributed by atoms with E-state index in [9.17, 15) is 23.1 Å². The third-order valence-electron chi connectivity index (χ3n) is 3.32. The molecule has 0 saturated carbocycles. The van der Waals surface area contributed by atoms with Crippen LogP contribution in [0.1, 0.15) is 20.8 Å². The normalized spacial score (nSPS) is 23.2. The first-order valence-corrected chi connectivity index (χ1v) is 5.29. The third-order valence-corrected chi connectivity index (χ3v) is 3.32. The van der Waals surface area contributed by atoms with Gasteiger partial charge in [-0.05, 0) is 12.8 Å². The molecule has 17 heavy (non-hydrogen) atoms. The molecule has 1 rings (SSSR count). The lowest BCUT2D eigenvalue weighted by Gasteiger charge is -2.50. The van der Waals surface area contributed by atoms with Crippen LogP contribution >= 0.6 is 0 Å². The number of nitrogens with zero attached hydrogens (tertiary/aromatic N) is 1. The minimum atomic E-state index is -4.80. The van der Waals surface area contributed by atoms with Crippen LogP contribution in [-0.4, -0.2) is 46.3 Å². The van der Waals surface area contributed by atoms with Crippen molar-refractivity contribution in [2.75, 3.05) is 13.1 Å². The van der Waals surface area contributed by atoms with Crippen LogP contribution < -0.4 is 5.73 Å². The van der Waals surface area contributed by atoms with Crippen molar-refractivity contribution in [3.63, 3.8) is 0 Å². The van der Waals surface area contributed by atoms with Gasteiger partial charge in [-0.3, -0.25) is 4.79 Å². The van der Waals surface area contributed by atoms with Crippen LogP contribution in [0.15, 0.2) is 0 Å². The number of rotatable bonds is 2. The van der Waals surface area contributed by atoms with E-state index >= 15 is 0 Å². The molecule has 1 saturated heterocycles. The zero-order chi connectivity index (χ0) is 13.6. The summed E-state index contributed by atoms with van der Waals surface area (Å²) in [6, 6.07) is 0. The van der Waals surface area contributed by atoms with Crippen LogP contribution in [0.4, 0.5) is 13.2 Å². The minimum Gasteiger partial charge on any atom is -0.386 e. The molecule has 3 N–H and O–H groups in total. The average molecular weight is 254 g/mol. The first-order valence-electron chi connectivity index (χ1n) is 5.29. The summed E-state index contributed by atoms with van der Waals surface area (Å²) in [5.74, 6) is -1.32. The maximum Gasteiger partial charge on any atom is 0.415 e. The summed E-state index contributed by atoms with van der Waals surface area (Å²) in [6.45, 7) is 3.92. The Balaban J connectivity index is 2.71. The van der Waals surface area contributed by atoms with Gasteiger partial charge in [0.25, 0.3) is 5.91 Å². The number of carbonyl (C=O) groups is 1. The fraction of sp³-hybridized carbons (Fsp3) is 0.900. The van der Waals surface area contributed by atoms with Gasteiger partial charge in [-0.15, -0.1) is 0 Å². The summed E-state index contributed by atoms with van der Waals surface area (Å²) in [5.41, 5.74) is 1.02. The van der Waals surface area contributed by atoms with Gasteiger partial charge in [0.1, 0.15) is 5.60 Å². The predicted molar refractivity (Wildman–Crippen MR) is 55.0 cm³/mol. The van der Waals surface area contributed by atoms with Crippen molar-refractivity contribution in [3.05, 3.63) is 0 Å². The van der Waals surface area contributed by atoms with Crippen LogP contribution in [0.25, 0.3) is 0 Å². The van der Waals surface area contributed by atoms with Crippen molar-refractivity contribution in [1.29, 1.82) is 0 Å². The van der Waals surface area contributed by atoms with Crippen LogP contribution in [0, 0.1) is 5.92 Å². The molecular weight excluding hydrogens is 237 g/mol. The number of halogens is 3. The zero-order valence-electron chi connectivity index (χ0n) is 10.0. The Morgan fingerprint density at radius 3 is 2.12 bits per heavy atom. The van der Waals surface area contributed by atoms with Crippen molar-refractivity contribution in [3.8, 4) is 0 Å². The van der Waals surface area contributed by atoms with E-state index in [0.29, 0.717) is 6.92 Å². The quantitative estimate of drug-likeness (QED) is 0.754. The van der Waals surface area contributed by atoms with Crippen LogP contribution in [0.3, 0.4) is 0 Å². The molecule has 0 bridgehead atoms. The summed E-state index contributed by atoms with van der Waals surface area (Å²) < 4.78 is 37.6. The van der Waals surface area contributed by atoms with E-state index in [1.165, 1.54) is 0 Å². The van der Waals surface area contributed by atoms with Crippen molar-refractivity contribution in [2.45, 2.75) is 38.1 Å². The molecule has 0 radical (unpaired) electrons. The SMILES string of the molecule is CC(C)C1(O)CN(C(=O)C(C)(N)C(F)(F)F)C1. The Kier molecular flexibility index (Phi) is 3.22. The highest BCUT2D eigenvalue weighted by Crippen LogP contribution is 2.34. The molecule has 0 aromatic carbocycles. The predicted octanol–water partition coefficient (Wildman–Crippen LogP) is 0.495. The Bertz CT molecular complexity index is 320. The van der Waals surface area contributed by atoms with Gasteiger partial charge in [-0.2, -0.15) is 13.2 Å². The number of carbonyl (C=O) groups excluding carboxylic acids is 1. The van der Waals surface area contributed by atoms with Gasteiger partial charge in [0.05, 0.1) is 13.1 Å². The maximum atomic E-state index is 12.5. The zero-order valence-corrected chi connectivity index (χ0v) is 10.0. The molecule has 1 amide bonds. The summed E-state index contributed by atoms with van der Waals surface area (Å²) in [7, 11) is 0. The van der Waals surface area contributed by atoms with Crippen molar-refractivity contribution in [2.24, 2.45) is 11.7 Å². The number of likely N-dealkylation sites (tertiary alicyclic amines) is 1. The van der Waals surface area contributed by atoms with E-state index in [1.54, 1.807) is 13.8 Å². The Labute approximate surface area is 97.6 Å². The van der Waals surface area contributed by atoms with E-state index in [1.807, 2.05) is 0 Å². The van der Waals surface area contributed by atoms with Gasteiger partial charge in [-0.1, -0.05) is 13.8 Å². The number of nitrogens with two attached hydrogens (primary N) is 1. The molecule has 100 valence electrons. The third kappa shape index (κ3) is 2.26. The summed E-state index contributed by atoms with van der Waals surface area (Å²) >= 11 is 0. The van der Waals surface area contributed by atoms with Gasteiger partial charge >= 0.3 is 6.18 Å². The van der Waals surface area contributed by atoms with Gasteiger partial charge in [0.2, 0.25) is 0 Å². The summed E-state index contributed by atoms with van der Waals surface area (Å²) in [6.07, 6.45) is -4.80. The molecule has 1 heterocycles. The van der Waals surface area contributed by atoms with Crippen LogP contribution in [-0.2, 0) is 4.79 Å². The second-order valence-corrected chi connectivity index (χ2v) is 5.12. The topological polar surface area (TPSA) is 66.6 Å². The highest BCUT2D eigenvalue weighted by atomic mass is 19.4. The van der Waals surface area contributed by atoms with Crippen LogP contribution in [0.2, 0.25) is 0 Å². The van der Waals surface area contributed by atoms with Crippen LogP contribution in [0.5, 0.6) is 0 Å². The van der Waals surface area contributed by atoms with E-state index < -0.39 is 23.2 Å². The second kappa shape index (κ2) is 3.84. The van der Waals surface area contributed by atoms with Gasteiger partial charge in [0, 0.05) is 0 Å². The first kappa shape index (κ1) is 14.2. The molecular formula is C10H17F3N2O2.